The van der Waals surface area contributed by atoms with E-state index in [4.69, 9.17) is 4.74 Å². The summed E-state index contributed by atoms with van der Waals surface area (Å²) in [7, 11) is 0. The molecule has 0 unspecified atom stereocenters. The Hall–Kier alpha value is -0.610. The predicted octanol–water partition coefficient (Wildman–Crippen LogP) is 4.42. The van der Waals surface area contributed by atoms with Crippen molar-refractivity contribution in [3.05, 3.63) is 0 Å². The molecule has 0 saturated carbocycles. The summed E-state index contributed by atoms with van der Waals surface area (Å²) in [5.41, 5.74) is 0. The van der Waals surface area contributed by atoms with Gasteiger partial charge in [0.25, 0.3) is 0 Å². The molecule has 0 rings (SSSR count). The lowest BCUT2D eigenvalue weighted by atomic mass is 10.1. The summed E-state index contributed by atoms with van der Waals surface area (Å²) in [6, 6.07) is 0. The van der Waals surface area contributed by atoms with Gasteiger partial charge < -0.3 is 4.74 Å². The zero-order chi connectivity index (χ0) is 14.9. The van der Waals surface area contributed by atoms with E-state index < -0.39 is 5.97 Å². The van der Waals surface area contributed by atoms with Crippen LogP contribution >= 0.6 is 0 Å². The summed E-state index contributed by atoms with van der Waals surface area (Å²) in [5.74, 6) is -0.431. The lowest BCUT2D eigenvalue weighted by Crippen LogP contribution is -2.08. The van der Waals surface area contributed by atoms with E-state index in [1.54, 1.807) is 0 Å². The molecule has 0 radical (unpaired) electrons. The van der Waals surface area contributed by atoms with Crippen LogP contribution in [0.1, 0.15) is 78.1 Å². The molecule has 0 aromatic carbocycles. The Morgan fingerprint density at radius 2 is 1.30 bits per heavy atom. The highest BCUT2D eigenvalue weighted by atomic mass is 17.2. The molecule has 120 valence electrons. The second kappa shape index (κ2) is 16.4. The summed E-state index contributed by atoms with van der Waals surface area (Å²) in [6.07, 6.45) is 13.3. The van der Waals surface area contributed by atoms with Crippen molar-refractivity contribution >= 4 is 5.97 Å². The highest BCUT2D eigenvalue weighted by Crippen LogP contribution is 2.10. The van der Waals surface area contributed by atoms with Gasteiger partial charge in [0.1, 0.15) is 6.61 Å². The molecule has 0 amide bonds. The van der Waals surface area contributed by atoms with Crippen LogP contribution in [0, 0.1) is 0 Å². The molecule has 0 aromatic rings. The first-order valence-corrected chi connectivity index (χ1v) is 8.15. The smallest absolute Gasteiger partial charge is 0.339 e. The van der Waals surface area contributed by atoms with Gasteiger partial charge in [0.2, 0.25) is 0 Å². The van der Waals surface area contributed by atoms with Crippen molar-refractivity contribution in [2.75, 3.05) is 19.8 Å². The molecule has 0 aromatic heterocycles. The maximum atomic E-state index is 10.4. The fourth-order valence-corrected chi connectivity index (χ4v) is 2.01. The zero-order valence-electron chi connectivity index (χ0n) is 13.3. The number of ether oxygens (including phenoxy) is 1. The summed E-state index contributed by atoms with van der Waals surface area (Å²) in [6.45, 7) is 5.11. The van der Waals surface area contributed by atoms with Gasteiger partial charge in [-0.2, -0.15) is 4.89 Å². The summed E-state index contributed by atoms with van der Waals surface area (Å²) < 4.78 is 5.37. The first-order chi connectivity index (χ1) is 9.77. The molecule has 0 saturated heterocycles. The Morgan fingerprint density at radius 3 is 1.85 bits per heavy atom. The van der Waals surface area contributed by atoms with Crippen molar-refractivity contribution in [3.8, 4) is 0 Å². The van der Waals surface area contributed by atoms with Crippen molar-refractivity contribution in [1.29, 1.82) is 0 Å². The summed E-state index contributed by atoms with van der Waals surface area (Å²) in [5, 5.41) is 0. The predicted molar refractivity (Wildman–Crippen MR) is 80.4 cm³/mol. The third kappa shape index (κ3) is 17.4. The van der Waals surface area contributed by atoms with Crippen LogP contribution in [0.2, 0.25) is 0 Å². The molecule has 0 heterocycles. The van der Waals surface area contributed by atoms with E-state index in [0.717, 1.165) is 13.0 Å². The van der Waals surface area contributed by atoms with Gasteiger partial charge in [0, 0.05) is 13.5 Å². The molecule has 0 fully saturated rings. The second-order valence-corrected chi connectivity index (χ2v) is 5.19. The molecule has 0 spiro atoms. The first-order valence-electron chi connectivity index (χ1n) is 8.15. The molecule has 0 N–H and O–H groups in total. The fraction of sp³-hybridized carbons (Fsp3) is 0.938. The number of unbranched alkanes of at least 4 members (excludes halogenated alkanes) is 9. The highest BCUT2D eigenvalue weighted by molar-refractivity contribution is 5.65. The van der Waals surface area contributed by atoms with Crippen LogP contribution in [0.4, 0.5) is 0 Å². The van der Waals surface area contributed by atoms with Crippen molar-refractivity contribution < 1.29 is 19.3 Å². The number of hydrogen-bond acceptors (Lipinski definition) is 4. The highest BCUT2D eigenvalue weighted by Gasteiger charge is 1.95. The topological polar surface area (TPSA) is 44.8 Å². The maximum absolute atomic E-state index is 10.4. The Bertz CT molecular complexity index is 207. The van der Waals surface area contributed by atoms with Gasteiger partial charge in [-0.1, -0.05) is 64.7 Å². The largest absolute Gasteiger partial charge is 0.379 e. The average molecular weight is 288 g/mol. The maximum Gasteiger partial charge on any atom is 0.339 e. The number of carbonyl (C=O) groups excluding carboxylic acids is 1. The van der Waals surface area contributed by atoms with Crippen molar-refractivity contribution in [2.45, 2.75) is 78.1 Å². The van der Waals surface area contributed by atoms with Gasteiger partial charge in [0.15, 0.2) is 0 Å². The first kappa shape index (κ1) is 19.4. The SMILES string of the molecule is CCCCCCCCCCCCOCCOOC(C)=O. The van der Waals surface area contributed by atoms with Gasteiger partial charge in [-0.25, -0.2) is 4.79 Å². The minimum absolute atomic E-state index is 0.303. The van der Waals surface area contributed by atoms with Crippen molar-refractivity contribution in [1.82, 2.24) is 0 Å². The number of carbonyl (C=O) groups is 1. The Labute approximate surface area is 124 Å². The molecule has 0 aliphatic rings. The number of hydrogen-bond donors (Lipinski definition) is 0. The second-order valence-electron chi connectivity index (χ2n) is 5.19. The van der Waals surface area contributed by atoms with Crippen LogP contribution in [-0.2, 0) is 19.3 Å². The van der Waals surface area contributed by atoms with Gasteiger partial charge in [-0.15, -0.1) is 0 Å². The zero-order valence-corrected chi connectivity index (χ0v) is 13.3. The lowest BCUT2D eigenvalue weighted by molar-refractivity contribution is -0.274. The van der Waals surface area contributed by atoms with Crippen molar-refractivity contribution in [3.63, 3.8) is 0 Å². The third-order valence-electron chi connectivity index (χ3n) is 3.13. The summed E-state index contributed by atoms with van der Waals surface area (Å²) in [4.78, 5) is 19.3. The standard InChI is InChI=1S/C16H32O4/c1-3-4-5-6-7-8-9-10-11-12-13-18-14-15-19-20-16(2)17/h3-15H2,1-2H3. The Morgan fingerprint density at radius 1 is 0.750 bits per heavy atom. The molecular formula is C16H32O4. The Kier molecular flexibility index (Phi) is 15.9. The van der Waals surface area contributed by atoms with Gasteiger partial charge >= 0.3 is 5.97 Å². The Balaban J connectivity index is 2.94. The molecule has 0 bridgehead atoms. The van der Waals surface area contributed by atoms with E-state index in [1.807, 2.05) is 0 Å². The molecule has 4 nitrogen and oxygen atoms in total. The third-order valence-corrected chi connectivity index (χ3v) is 3.13. The van der Waals surface area contributed by atoms with Crippen LogP contribution in [0.25, 0.3) is 0 Å². The van der Waals surface area contributed by atoms with Gasteiger partial charge in [0.05, 0.1) is 6.61 Å². The van der Waals surface area contributed by atoms with E-state index in [9.17, 15) is 4.79 Å². The molecule has 0 aliphatic heterocycles. The van der Waals surface area contributed by atoms with E-state index >= 15 is 0 Å². The summed E-state index contributed by atoms with van der Waals surface area (Å²) >= 11 is 0. The normalized spacial score (nSPS) is 10.7. The average Bonchev–Trinajstić information content (AvgIpc) is 2.43. The molecule has 20 heavy (non-hydrogen) atoms. The van der Waals surface area contributed by atoms with Crippen molar-refractivity contribution in [2.24, 2.45) is 0 Å². The molecule has 0 aliphatic carbocycles. The lowest BCUT2D eigenvalue weighted by Gasteiger charge is -2.04. The van der Waals surface area contributed by atoms with Crippen LogP contribution < -0.4 is 0 Å². The monoisotopic (exact) mass is 288 g/mol. The van der Waals surface area contributed by atoms with Crippen LogP contribution in [0.15, 0.2) is 0 Å². The number of rotatable bonds is 15. The van der Waals surface area contributed by atoms with E-state index in [2.05, 4.69) is 16.7 Å². The van der Waals surface area contributed by atoms with Crippen LogP contribution in [0.5, 0.6) is 0 Å². The minimum Gasteiger partial charge on any atom is -0.379 e. The minimum atomic E-state index is -0.431. The van der Waals surface area contributed by atoms with E-state index in [1.165, 1.54) is 64.7 Å². The molecule has 0 atom stereocenters. The molecular weight excluding hydrogens is 256 g/mol. The van der Waals surface area contributed by atoms with E-state index in [-0.39, 0.29) is 0 Å². The van der Waals surface area contributed by atoms with Crippen LogP contribution in [-0.4, -0.2) is 25.8 Å². The molecule has 4 heteroatoms. The quantitative estimate of drug-likeness (QED) is 0.254. The van der Waals surface area contributed by atoms with E-state index in [0.29, 0.717) is 13.2 Å². The van der Waals surface area contributed by atoms with Crippen LogP contribution in [0.3, 0.4) is 0 Å². The van der Waals surface area contributed by atoms with Gasteiger partial charge in [-0.05, 0) is 6.42 Å². The van der Waals surface area contributed by atoms with Gasteiger partial charge in [-0.3, -0.25) is 4.89 Å². The fourth-order valence-electron chi connectivity index (χ4n) is 2.01.